The third kappa shape index (κ3) is 69.5. The smallest absolute Gasteiger partial charge is 0.306 e. The number of hydrogen-bond acceptors (Lipinski definition) is 6. The summed E-state index contributed by atoms with van der Waals surface area (Å²) in [5.74, 6) is -0.861. The highest BCUT2D eigenvalue weighted by Gasteiger charge is 2.19. The minimum absolute atomic E-state index is 0.0737. The number of esters is 3. The second-order valence-corrected chi connectivity index (χ2v) is 24.5. The normalized spacial score (nSPS) is 12.5. The zero-order valence-corrected chi connectivity index (χ0v) is 55.5. The van der Waals surface area contributed by atoms with Crippen LogP contribution in [0.3, 0.4) is 0 Å². The molecule has 482 valence electrons. The SMILES string of the molecule is CC/C=C\C/C=C\C/C=C\C/C=C\C/C=C\C/C=C\CCCCCCCCCCC(=O)OC(COC(=O)CCCCCCCCCCCC)COC(=O)CCCCCCCCCCCCCCCCCCCCCCCCCCCCCC. The number of hydrogen-bond donors (Lipinski definition) is 0. The Kier molecular flexibility index (Phi) is 68.6. The maximum atomic E-state index is 12.9. The van der Waals surface area contributed by atoms with E-state index in [1.54, 1.807) is 0 Å². The molecule has 0 bridgehead atoms. The third-order valence-electron chi connectivity index (χ3n) is 16.2. The van der Waals surface area contributed by atoms with E-state index in [1.165, 1.54) is 238 Å². The molecule has 0 spiro atoms. The largest absolute Gasteiger partial charge is 0.462 e. The average molecular weight is 1160 g/mol. The molecule has 0 aliphatic carbocycles. The first-order chi connectivity index (χ1) is 41.0. The first-order valence-electron chi connectivity index (χ1n) is 36.4. The van der Waals surface area contributed by atoms with Crippen LogP contribution < -0.4 is 0 Å². The molecule has 0 rings (SSSR count). The van der Waals surface area contributed by atoms with Crippen molar-refractivity contribution in [2.24, 2.45) is 0 Å². The van der Waals surface area contributed by atoms with Crippen LogP contribution in [-0.2, 0) is 28.6 Å². The maximum Gasteiger partial charge on any atom is 0.306 e. The summed E-state index contributed by atoms with van der Waals surface area (Å²) in [6.45, 7) is 6.57. The number of ether oxygens (including phenoxy) is 3. The molecule has 0 aromatic rings. The highest BCUT2D eigenvalue weighted by Crippen LogP contribution is 2.19. The Hall–Kier alpha value is -3.15. The highest BCUT2D eigenvalue weighted by molar-refractivity contribution is 5.71. The molecule has 0 aliphatic rings. The van der Waals surface area contributed by atoms with E-state index in [0.29, 0.717) is 19.3 Å². The lowest BCUT2D eigenvalue weighted by atomic mass is 10.0. The second kappa shape index (κ2) is 71.3. The van der Waals surface area contributed by atoms with Crippen LogP contribution in [0.15, 0.2) is 72.9 Å². The fourth-order valence-corrected chi connectivity index (χ4v) is 10.8. The number of carbonyl (C=O) groups is 3. The van der Waals surface area contributed by atoms with Crippen molar-refractivity contribution in [3.63, 3.8) is 0 Å². The summed E-state index contributed by atoms with van der Waals surface area (Å²) < 4.78 is 17.0. The fraction of sp³-hybridized carbons (Fsp3) is 0.805. The lowest BCUT2D eigenvalue weighted by Crippen LogP contribution is -2.30. The lowest BCUT2D eigenvalue weighted by molar-refractivity contribution is -0.167. The van der Waals surface area contributed by atoms with Gasteiger partial charge in [0.2, 0.25) is 0 Å². The molecule has 0 aromatic carbocycles. The Morgan fingerprint density at radius 1 is 0.253 bits per heavy atom. The van der Waals surface area contributed by atoms with Crippen molar-refractivity contribution in [3.8, 4) is 0 Å². The minimum Gasteiger partial charge on any atom is -0.462 e. The van der Waals surface area contributed by atoms with Crippen molar-refractivity contribution in [2.45, 2.75) is 386 Å². The van der Waals surface area contributed by atoms with Crippen LogP contribution in [-0.4, -0.2) is 37.2 Å². The Morgan fingerprint density at radius 2 is 0.470 bits per heavy atom. The molecule has 0 amide bonds. The number of rotatable bonds is 67. The minimum atomic E-state index is -0.778. The zero-order valence-electron chi connectivity index (χ0n) is 55.5. The van der Waals surface area contributed by atoms with Crippen LogP contribution in [0.4, 0.5) is 0 Å². The van der Waals surface area contributed by atoms with Crippen LogP contribution >= 0.6 is 0 Å². The van der Waals surface area contributed by atoms with Crippen LogP contribution in [0.5, 0.6) is 0 Å². The molecule has 1 unspecified atom stereocenters. The Balaban J connectivity index is 4.17. The Morgan fingerprint density at radius 3 is 0.735 bits per heavy atom. The molecule has 1 atom stereocenters. The maximum absolute atomic E-state index is 12.9. The zero-order chi connectivity index (χ0) is 59.9. The van der Waals surface area contributed by atoms with Gasteiger partial charge in [-0.3, -0.25) is 14.4 Å². The van der Waals surface area contributed by atoms with E-state index in [9.17, 15) is 14.4 Å². The lowest BCUT2D eigenvalue weighted by Gasteiger charge is -2.18. The molecule has 0 fully saturated rings. The van der Waals surface area contributed by atoms with E-state index in [-0.39, 0.29) is 31.1 Å². The van der Waals surface area contributed by atoms with Crippen LogP contribution in [0, 0.1) is 0 Å². The summed E-state index contributed by atoms with van der Waals surface area (Å²) in [7, 11) is 0. The number of allylic oxidation sites excluding steroid dienone is 12. The van der Waals surface area contributed by atoms with Gasteiger partial charge in [0.1, 0.15) is 13.2 Å². The predicted molar refractivity (Wildman–Crippen MR) is 362 cm³/mol. The van der Waals surface area contributed by atoms with Gasteiger partial charge >= 0.3 is 17.9 Å². The van der Waals surface area contributed by atoms with Gasteiger partial charge in [-0.25, -0.2) is 0 Å². The van der Waals surface area contributed by atoms with E-state index in [4.69, 9.17) is 14.2 Å². The summed E-state index contributed by atoms with van der Waals surface area (Å²) in [5.41, 5.74) is 0. The summed E-state index contributed by atoms with van der Waals surface area (Å²) in [6.07, 6.45) is 93.8. The van der Waals surface area contributed by atoms with Gasteiger partial charge in [-0.1, -0.05) is 363 Å². The molecule has 6 heteroatoms. The van der Waals surface area contributed by atoms with Gasteiger partial charge in [-0.15, -0.1) is 0 Å². The monoisotopic (exact) mass is 1160 g/mol. The van der Waals surface area contributed by atoms with Gasteiger partial charge in [-0.05, 0) is 70.6 Å². The highest BCUT2D eigenvalue weighted by atomic mass is 16.6. The fourth-order valence-electron chi connectivity index (χ4n) is 10.8. The molecule has 83 heavy (non-hydrogen) atoms. The molecule has 0 saturated heterocycles. The van der Waals surface area contributed by atoms with Crippen molar-refractivity contribution >= 4 is 17.9 Å². The Labute approximate surface area is 516 Å². The predicted octanol–water partition coefficient (Wildman–Crippen LogP) is 25.2. The molecular weight excluding hydrogens is 1020 g/mol. The molecule has 0 saturated carbocycles. The first kappa shape index (κ1) is 79.8. The standard InChI is InChI=1S/C77H138O6/c1-4-7-10-13-16-19-22-24-26-28-30-32-34-36-38-40-41-43-45-47-49-51-53-55-58-61-64-67-70-76(79)82-73-74(72-81-75(78)69-66-63-60-57-21-18-15-12-9-6-3)83-77(80)71-68-65-62-59-56-54-52-50-48-46-44-42-39-37-35-33-31-29-27-25-23-20-17-14-11-8-5-2/h8,11,17,20,25,27,31,33,37,39,44,46,74H,4-7,9-10,12-16,18-19,21-24,26,28-30,32,34-36,38,40-43,45,47-73H2,1-3H3/b11-8-,20-17-,27-25-,33-31-,39-37-,46-44-. The van der Waals surface area contributed by atoms with E-state index >= 15 is 0 Å². The summed E-state index contributed by atoms with van der Waals surface area (Å²) >= 11 is 0. The summed E-state index contributed by atoms with van der Waals surface area (Å²) in [4.78, 5) is 38.4. The first-order valence-corrected chi connectivity index (χ1v) is 36.4. The van der Waals surface area contributed by atoms with Crippen molar-refractivity contribution < 1.29 is 28.6 Å². The number of unbranched alkanes of at least 4 members (excludes halogenated alkanes) is 44. The van der Waals surface area contributed by atoms with Gasteiger partial charge in [0, 0.05) is 19.3 Å². The second-order valence-electron chi connectivity index (χ2n) is 24.5. The van der Waals surface area contributed by atoms with Crippen LogP contribution in [0.1, 0.15) is 380 Å². The van der Waals surface area contributed by atoms with Gasteiger partial charge in [0.15, 0.2) is 6.10 Å². The average Bonchev–Trinajstić information content (AvgIpc) is 3.48. The molecule has 6 nitrogen and oxygen atoms in total. The van der Waals surface area contributed by atoms with Gasteiger partial charge in [0.25, 0.3) is 0 Å². The van der Waals surface area contributed by atoms with Crippen LogP contribution in [0.25, 0.3) is 0 Å². The van der Waals surface area contributed by atoms with Gasteiger partial charge in [-0.2, -0.15) is 0 Å². The van der Waals surface area contributed by atoms with Crippen molar-refractivity contribution in [1.82, 2.24) is 0 Å². The van der Waals surface area contributed by atoms with Crippen molar-refractivity contribution in [2.75, 3.05) is 13.2 Å². The topological polar surface area (TPSA) is 78.9 Å². The molecule has 0 aliphatic heterocycles. The van der Waals surface area contributed by atoms with Gasteiger partial charge < -0.3 is 14.2 Å². The summed E-state index contributed by atoms with van der Waals surface area (Å²) in [5, 5.41) is 0. The third-order valence-corrected chi connectivity index (χ3v) is 16.2. The summed E-state index contributed by atoms with van der Waals surface area (Å²) in [6, 6.07) is 0. The van der Waals surface area contributed by atoms with E-state index < -0.39 is 6.10 Å². The quantitative estimate of drug-likeness (QED) is 0.0261. The van der Waals surface area contributed by atoms with Crippen molar-refractivity contribution in [3.05, 3.63) is 72.9 Å². The van der Waals surface area contributed by atoms with E-state index in [2.05, 4.69) is 93.7 Å². The van der Waals surface area contributed by atoms with E-state index in [0.717, 1.165) is 103 Å². The van der Waals surface area contributed by atoms with E-state index in [1.807, 2.05) is 0 Å². The molecule has 0 N–H and O–H groups in total. The van der Waals surface area contributed by atoms with Crippen molar-refractivity contribution in [1.29, 1.82) is 0 Å². The number of carbonyl (C=O) groups excluding carboxylic acids is 3. The van der Waals surface area contributed by atoms with Gasteiger partial charge in [0.05, 0.1) is 0 Å². The molecule has 0 radical (unpaired) electrons. The molecule has 0 aromatic heterocycles. The molecule has 0 heterocycles. The molecular formula is C77H138O6. The van der Waals surface area contributed by atoms with Crippen LogP contribution in [0.2, 0.25) is 0 Å². The Bertz CT molecular complexity index is 1520.